The van der Waals surface area contributed by atoms with E-state index in [4.69, 9.17) is 10.5 Å². The van der Waals surface area contributed by atoms with Gasteiger partial charge in [0.15, 0.2) is 0 Å². The van der Waals surface area contributed by atoms with Crippen molar-refractivity contribution < 1.29 is 4.74 Å². The lowest BCUT2D eigenvalue weighted by atomic mass is 9.80. The molecule has 1 aliphatic heterocycles. The summed E-state index contributed by atoms with van der Waals surface area (Å²) >= 11 is 0. The van der Waals surface area contributed by atoms with E-state index in [1.54, 1.807) is 0 Å². The van der Waals surface area contributed by atoms with Gasteiger partial charge in [0.05, 0.1) is 0 Å². The highest BCUT2D eigenvalue weighted by molar-refractivity contribution is 4.95. The zero-order valence-corrected chi connectivity index (χ0v) is 9.80. The molecule has 0 spiro atoms. The average molecular weight is 212 g/mol. The van der Waals surface area contributed by atoms with Gasteiger partial charge in [-0.3, -0.25) is 0 Å². The van der Waals surface area contributed by atoms with Gasteiger partial charge in [0, 0.05) is 25.8 Å². The van der Waals surface area contributed by atoms with Gasteiger partial charge in [-0.05, 0) is 37.1 Å². The molecule has 1 aliphatic carbocycles. The maximum absolute atomic E-state index is 5.92. The first kappa shape index (κ1) is 11.4. The molecule has 1 saturated carbocycles. The van der Waals surface area contributed by atoms with E-state index in [1.807, 2.05) is 0 Å². The zero-order chi connectivity index (χ0) is 10.7. The van der Waals surface area contributed by atoms with Crippen molar-refractivity contribution in [3.63, 3.8) is 0 Å². The largest absolute Gasteiger partial charge is 0.381 e. The maximum atomic E-state index is 5.92. The lowest BCUT2D eigenvalue weighted by Gasteiger charge is -2.36. The van der Waals surface area contributed by atoms with Crippen LogP contribution < -0.4 is 11.1 Å². The molecule has 2 fully saturated rings. The van der Waals surface area contributed by atoms with Crippen molar-refractivity contribution in [3.05, 3.63) is 0 Å². The Morgan fingerprint density at radius 1 is 1.40 bits per heavy atom. The number of rotatable bonds is 5. The number of ether oxygens (including phenoxy) is 1. The van der Waals surface area contributed by atoms with Crippen LogP contribution in [0.1, 0.15) is 32.6 Å². The first-order chi connectivity index (χ1) is 7.29. The lowest BCUT2D eigenvalue weighted by molar-refractivity contribution is 0.0189. The first-order valence-electron chi connectivity index (χ1n) is 6.31. The maximum Gasteiger partial charge on any atom is 0.0472 e. The molecule has 3 N–H and O–H groups in total. The molecule has 1 saturated heterocycles. The number of nitrogens with two attached hydrogens (primary N) is 1. The summed E-state index contributed by atoms with van der Waals surface area (Å²) in [7, 11) is 0. The fraction of sp³-hybridized carbons (Fsp3) is 1.00. The molecule has 0 bridgehead atoms. The number of hydrogen-bond acceptors (Lipinski definition) is 3. The molecular formula is C12H24N2O. The van der Waals surface area contributed by atoms with Crippen LogP contribution in [0.25, 0.3) is 0 Å². The van der Waals surface area contributed by atoms with Gasteiger partial charge in [-0.1, -0.05) is 13.3 Å². The second kappa shape index (κ2) is 4.81. The Bertz CT molecular complexity index is 202. The molecular weight excluding hydrogens is 188 g/mol. The summed E-state index contributed by atoms with van der Waals surface area (Å²) in [6, 6.07) is 0.779. The van der Waals surface area contributed by atoms with E-state index < -0.39 is 0 Å². The van der Waals surface area contributed by atoms with Crippen molar-refractivity contribution in [2.24, 2.45) is 17.1 Å². The zero-order valence-electron chi connectivity index (χ0n) is 9.80. The highest BCUT2D eigenvalue weighted by Crippen LogP contribution is 2.35. The molecule has 2 atom stereocenters. The van der Waals surface area contributed by atoms with Gasteiger partial charge >= 0.3 is 0 Å². The summed E-state index contributed by atoms with van der Waals surface area (Å²) in [5.74, 6) is 0.930. The Morgan fingerprint density at radius 2 is 2.13 bits per heavy atom. The van der Waals surface area contributed by atoms with E-state index in [1.165, 1.54) is 12.8 Å². The Balaban J connectivity index is 1.75. The molecule has 2 rings (SSSR count). The van der Waals surface area contributed by atoms with Crippen molar-refractivity contribution in [1.82, 2.24) is 5.32 Å². The summed E-state index contributed by atoms with van der Waals surface area (Å²) in [6.07, 6.45) is 4.93. The van der Waals surface area contributed by atoms with Crippen LogP contribution in [0.2, 0.25) is 0 Å². The summed E-state index contributed by atoms with van der Waals surface area (Å²) in [5, 5.41) is 3.68. The molecule has 3 heteroatoms. The first-order valence-corrected chi connectivity index (χ1v) is 6.31. The second-order valence-electron chi connectivity index (χ2n) is 5.21. The molecule has 88 valence electrons. The third kappa shape index (κ3) is 2.71. The predicted molar refractivity (Wildman–Crippen MR) is 61.7 cm³/mol. The quantitative estimate of drug-likeness (QED) is 0.718. The van der Waals surface area contributed by atoms with Crippen molar-refractivity contribution in [2.75, 3.05) is 26.3 Å². The third-order valence-electron chi connectivity index (χ3n) is 4.17. The molecule has 0 radical (unpaired) electrons. The summed E-state index contributed by atoms with van der Waals surface area (Å²) in [6.45, 7) is 5.95. The predicted octanol–water partition coefficient (Wildman–Crippen LogP) is 1.13. The molecule has 15 heavy (non-hydrogen) atoms. The summed E-state index contributed by atoms with van der Waals surface area (Å²) < 4.78 is 5.41. The van der Waals surface area contributed by atoms with Crippen LogP contribution in [0.15, 0.2) is 0 Å². The van der Waals surface area contributed by atoms with E-state index in [2.05, 4.69) is 12.2 Å². The van der Waals surface area contributed by atoms with E-state index in [0.717, 1.165) is 51.1 Å². The van der Waals surface area contributed by atoms with Crippen LogP contribution in [0.5, 0.6) is 0 Å². The van der Waals surface area contributed by atoms with Crippen molar-refractivity contribution in [3.8, 4) is 0 Å². The summed E-state index contributed by atoms with van der Waals surface area (Å²) in [5.41, 5.74) is 6.24. The van der Waals surface area contributed by atoms with Gasteiger partial charge in [-0.25, -0.2) is 0 Å². The van der Waals surface area contributed by atoms with Crippen LogP contribution >= 0.6 is 0 Å². The third-order valence-corrected chi connectivity index (χ3v) is 4.17. The van der Waals surface area contributed by atoms with Crippen LogP contribution in [-0.4, -0.2) is 32.3 Å². The van der Waals surface area contributed by atoms with Crippen LogP contribution in [0, 0.1) is 11.3 Å². The van der Waals surface area contributed by atoms with Gasteiger partial charge in [0.2, 0.25) is 0 Å². The highest BCUT2D eigenvalue weighted by Gasteiger charge is 2.38. The minimum Gasteiger partial charge on any atom is -0.381 e. The second-order valence-corrected chi connectivity index (χ2v) is 5.21. The van der Waals surface area contributed by atoms with Crippen LogP contribution in [-0.2, 0) is 4.74 Å². The topological polar surface area (TPSA) is 47.3 Å². The molecule has 0 aromatic rings. The minimum atomic E-state index is 0.319. The molecule has 0 aromatic heterocycles. The van der Waals surface area contributed by atoms with Gasteiger partial charge in [0.1, 0.15) is 0 Å². The summed E-state index contributed by atoms with van der Waals surface area (Å²) in [4.78, 5) is 0. The molecule has 0 amide bonds. The smallest absolute Gasteiger partial charge is 0.0472 e. The molecule has 0 aromatic carbocycles. The van der Waals surface area contributed by atoms with Crippen LogP contribution in [0.4, 0.5) is 0 Å². The monoisotopic (exact) mass is 212 g/mol. The van der Waals surface area contributed by atoms with E-state index in [-0.39, 0.29) is 0 Å². The van der Waals surface area contributed by atoms with Crippen molar-refractivity contribution >= 4 is 0 Å². The normalized spacial score (nSPS) is 34.0. The Kier molecular flexibility index (Phi) is 3.65. The van der Waals surface area contributed by atoms with Gasteiger partial charge < -0.3 is 15.8 Å². The van der Waals surface area contributed by atoms with E-state index in [0.29, 0.717) is 5.41 Å². The average Bonchev–Trinajstić information content (AvgIpc) is 3.06. The highest BCUT2D eigenvalue weighted by atomic mass is 16.5. The Labute approximate surface area is 92.7 Å². The van der Waals surface area contributed by atoms with Crippen molar-refractivity contribution in [1.29, 1.82) is 0 Å². The number of hydrogen-bond donors (Lipinski definition) is 2. The molecule has 1 heterocycles. The SMILES string of the molecule is CCC1CC1NCC1(CN)CCOCC1. The standard InChI is InChI=1S/C12H24N2O/c1-2-10-7-11(10)14-9-12(8-13)3-5-15-6-4-12/h10-11,14H,2-9,13H2,1H3. The van der Waals surface area contributed by atoms with Crippen LogP contribution in [0.3, 0.4) is 0 Å². The molecule has 2 aliphatic rings. The van der Waals surface area contributed by atoms with Crippen molar-refractivity contribution in [2.45, 2.75) is 38.6 Å². The molecule has 3 nitrogen and oxygen atoms in total. The van der Waals surface area contributed by atoms with E-state index in [9.17, 15) is 0 Å². The Morgan fingerprint density at radius 3 is 2.67 bits per heavy atom. The van der Waals surface area contributed by atoms with E-state index >= 15 is 0 Å². The number of nitrogens with one attached hydrogen (secondary N) is 1. The van der Waals surface area contributed by atoms with Gasteiger partial charge in [-0.2, -0.15) is 0 Å². The Hall–Kier alpha value is -0.120. The van der Waals surface area contributed by atoms with Gasteiger partial charge in [-0.15, -0.1) is 0 Å². The minimum absolute atomic E-state index is 0.319. The fourth-order valence-electron chi connectivity index (χ4n) is 2.55. The van der Waals surface area contributed by atoms with Gasteiger partial charge in [0.25, 0.3) is 0 Å². The molecule has 2 unspecified atom stereocenters. The fourth-order valence-corrected chi connectivity index (χ4v) is 2.55. The lowest BCUT2D eigenvalue weighted by Crippen LogP contribution is -2.45.